The molecule has 116 valence electrons. The van der Waals surface area contributed by atoms with Crippen molar-refractivity contribution < 1.29 is 14.3 Å². The van der Waals surface area contributed by atoms with Crippen molar-refractivity contribution in [3.63, 3.8) is 0 Å². The fraction of sp³-hybridized carbons (Fsp3) is 0.533. The van der Waals surface area contributed by atoms with E-state index in [1.165, 1.54) is 7.11 Å². The molecule has 0 spiro atoms. The molecule has 1 aliphatic heterocycles. The number of ether oxygens (including phenoxy) is 2. The zero-order chi connectivity index (χ0) is 15.6. The Hall–Kier alpha value is -1.46. The van der Waals surface area contributed by atoms with Crippen LogP contribution in [0.2, 0.25) is 5.02 Å². The topological polar surface area (TPSA) is 64.8 Å². The number of esters is 1. The second-order valence-electron chi connectivity index (χ2n) is 5.38. The molecule has 2 rings (SSSR count). The Labute approximate surface area is 130 Å². The number of nitrogen functional groups attached to an aromatic ring is 1. The number of piperidine rings is 1. The van der Waals surface area contributed by atoms with Gasteiger partial charge in [0, 0.05) is 25.9 Å². The highest BCUT2D eigenvalue weighted by atomic mass is 35.5. The minimum Gasteiger partial charge on any atom is -0.465 e. The lowest BCUT2D eigenvalue weighted by atomic mass is 9.94. The molecule has 0 amide bonds. The lowest BCUT2D eigenvalue weighted by Gasteiger charge is -2.38. The van der Waals surface area contributed by atoms with Gasteiger partial charge in [-0.2, -0.15) is 0 Å². The van der Waals surface area contributed by atoms with Gasteiger partial charge in [-0.1, -0.05) is 18.5 Å². The highest BCUT2D eigenvalue weighted by molar-refractivity contribution is 6.34. The van der Waals surface area contributed by atoms with E-state index < -0.39 is 5.97 Å². The SMILES string of the molecule is COC(=O)c1cc(N)cc(Cl)c1N1CCC(C)C(OC)C1. The molecule has 0 aliphatic carbocycles. The molecule has 0 bridgehead atoms. The summed E-state index contributed by atoms with van der Waals surface area (Å²) in [6.45, 7) is 3.66. The zero-order valence-electron chi connectivity index (χ0n) is 12.6. The quantitative estimate of drug-likeness (QED) is 0.686. The van der Waals surface area contributed by atoms with Crippen molar-refractivity contribution in [2.75, 3.05) is 37.9 Å². The van der Waals surface area contributed by atoms with Gasteiger partial charge in [0.1, 0.15) is 0 Å². The first-order chi connectivity index (χ1) is 9.97. The van der Waals surface area contributed by atoms with E-state index >= 15 is 0 Å². The van der Waals surface area contributed by atoms with E-state index in [1.807, 2.05) is 0 Å². The first-order valence-electron chi connectivity index (χ1n) is 6.93. The molecule has 21 heavy (non-hydrogen) atoms. The van der Waals surface area contributed by atoms with Crippen LogP contribution in [0.3, 0.4) is 0 Å². The molecule has 2 atom stereocenters. The van der Waals surface area contributed by atoms with Crippen LogP contribution in [-0.4, -0.2) is 39.4 Å². The smallest absolute Gasteiger partial charge is 0.340 e. The third-order valence-corrected chi connectivity index (χ3v) is 4.29. The van der Waals surface area contributed by atoms with Crippen LogP contribution >= 0.6 is 11.6 Å². The van der Waals surface area contributed by atoms with Crippen LogP contribution in [0.5, 0.6) is 0 Å². The summed E-state index contributed by atoms with van der Waals surface area (Å²) >= 11 is 6.33. The summed E-state index contributed by atoms with van der Waals surface area (Å²) in [5, 5.41) is 0.458. The molecule has 5 nitrogen and oxygen atoms in total. The van der Waals surface area contributed by atoms with E-state index in [0.717, 1.165) is 13.0 Å². The Morgan fingerprint density at radius 1 is 1.43 bits per heavy atom. The normalized spacial score (nSPS) is 22.2. The first kappa shape index (κ1) is 15.9. The van der Waals surface area contributed by atoms with Gasteiger partial charge >= 0.3 is 5.97 Å². The van der Waals surface area contributed by atoms with Gasteiger partial charge in [0.2, 0.25) is 0 Å². The van der Waals surface area contributed by atoms with Gasteiger partial charge in [-0.3, -0.25) is 0 Å². The lowest BCUT2D eigenvalue weighted by Crippen LogP contribution is -2.44. The molecule has 2 unspecified atom stereocenters. The van der Waals surface area contributed by atoms with Gasteiger partial charge in [-0.05, 0) is 24.5 Å². The van der Waals surface area contributed by atoms with E-state index in [1.54, 1.807) is 19.2 Å². The number of carbonyl (C=O) groups is 1. The summed E-state index contributed by atoms with van der Waals surface area (Å²) in [6, 6.07) is 3.26. The number of carbonyl (C=O) groups excluding carboxylic acids is 1. The third-order valence-electron chi connectivity index (χ3n) is 4.00. The highest BCUT2D eigenvalue weighted by Crippen LogP contribution is 2.35. The van der Waals surface area contributed by atoms with Crippen LogP contribution in [0.1, 0.15) is 23.7 Å². The van der Waals surface area contributed by atoms with Gasteiger partial charge in [0.25, 0.3) is 0 Å². The van der Waals surface area contributed by atoms with Gasteiger partial charge in [-0.25, -0.2) is 4.79 Å². The van der Waals surface area contributed by atoms with E-state index in [4.69, 9.17) is 26.8 Å². The van der Waals surface area contributed by atoms with Gasteiger partial charge in [-0.15, -0.1) is 0 Å². The van der Waals surface area contributed by atoms with Crippen LogP contribution in [0.25, 0.3) is 0 Å². The molecular weight excluding hydrogens is 292 g/mol. The Morgan fingerprint density at radius 2 is 2.14 bits per heavy atom. The number of anilines is 2. The number of hydrogen-bond donors (Lipinski definition) is 1. The Bertz CT molecular complexity index is 536. The van der Waals surface area contributed by atoms with E-state index in [9.17, 15) is 4.79 Å². The lowest BCUT2D eigenvalue weighted by molar-refractivity contribution is 0.0494. The number of halogens is 1. The molecular formula is C15H21ClN2O3. The van der Waals surface area contributed by atoms with Gasteiger partial charge in [0.05, 0.1) is 29.5 Å². The number of benzene rings is 1. The van der Waals surface area contributed by atoms with Crippen molar-refractivity contribution in [1.82, 2.24) is 0 Å². The van der Waals surface area contributed by atoms with Crippen LogP contribution in [0, 0.1) is 5.92 Å². The standard InChI is InChI=1S/C15H21ClN2O3/c1-9-4-5-18(8-13(9)20-2)14-11(15(19)21-3)6-10(17)7-12(14)16/h6-7,9,13H,4-5,8,17H2,1-3H3. The van der Waals surface area contributed by atoms with Crippen molar-refractivity contribution in [3.05, 3.63) is 22.7 Å². The predicted octanol–water partition coefficient (Wildman–Crippen LogP) is 2.57. The summed E-state index contributed by atoms with van der Waals surface area (Å²) in [6.07, 6.45) is 1.08. The molecule has 1 fully saturated rings. The average Bonchev–Trinajstić information content (AvgIpc) is 2.46. The minimum atomic E-state index is -0.438. The summed E-state index contributed by atoms with van der Waals surface area (Å²) in [7, 11) is 3.05. The number of methoxy groups -OCH3 is 2. The van der Waals surface area contributed by atoms with Crippen LogP contribution in [0.4, 0.5) is 11.4 Å². The van der Waals surface area contributed by atoms with Crippen molar-refractivity contribution in [1.29, 1.82) is 0 Å². The summed E-state index contributed by atoms with van der Waals surface area (Å²) in [5.41, 5.74) is 7.30. The van der Waals surface area contributed by atoms with E-state index in [0.29, 0.717) is 34.4 Å². The van der Waals surface area contributed by atoms with E-state index in [-0.39, 0.29) is 6.10 Å². The molecule has 1 saturated heterocycles. The Morgan fingerprint density at radius 3 is 2.76 bits per heavy atom. The maximum absolute atomic E-state index is 12.0. The van der Waals surface area contributed by atoms with Gasteiger partial charge in [0.15, 0.2) is 0 Å². The zero-order valence-corrected chi connectivity index (χ0v) is 13.3. The second kappa shape index (κ2) is 6.54. The molecule has 0 saturated carbocycles. The fourth-order valence-corrected chi connectivity index (χ4v) is 3.10. The molecule has 1 aromatic carbocycles. The van der Waals surface area contributed by atoms with Crippen LogP contribution < -0.4 is 10.6 Å². The minimum absolute atomic E-state index is 0.109. The van der Waals surface area contributed by atoms with Crippen molar-refractivity contribution in [2.45, 2.75) is 19.4 Å². The molecule has 1 heterocycles. The average molecular weight is 313 g/mol. The number of nitrogens with two attached hydrogens (primary N) is 1. The molecule has 1 aliphatic rings. The number of nitrogens with zero attached hydrogens (tertiary/aromatic N) is 1. The van der Waals surface area contributed by atoms with Crippen molar-refractivity contribution in [2.24, 2.45) is 5.92 Å². The molecule has 0 aromatic heterocycles. The summed E-state index contributed by atoms with van der Waals surface area (Å²) < 4.78 is 10.4. The predicted molar refractivity (Wildman–Crippen MR) is 84.0 cm³/mol. The highest BCUT2D eigenvalue weighted by Gasteiger charge is 2.30. The van der Waals surface area contributed by atoms with E-state index in [2.05, 4.69) is 11.8 Å². The summed E-state index contributed by atoms with van der Waals surface area (Å²) in [5.74, 6) is 0.0344. The van der Waals surface area contributed by atoms with Crippen molar-refractivity contribution in [3.8, 4) is 0 Å². The third kappa shape index (κ3) is 3.24. The largest absolute Gasteiger partial charge is 0.465 e. The fourth-order valence-electron chi connectivity index (χ4n) is 2.75. The monoisotopic (exact) mass is 312 g/mol. The summed E-state index contributed by atoms with van der Waals surface area (Å²) in [4.78, 5) is 14.1. The molecule has 1 aromatic rings. The first-order valence-corrected chi connectivity index (χ1v) is 7.30. The molecule has 0 radical (unpaired) electrons. The molecule has 2 N–H and O–H groups in total. The number of rotatable bonds is 3. The molecule has 6 heteroatoms. The Balaban J connectivity index is 2.41. The van der Waals surface area contributed by atoms with Gasteiger partial charge < -0.3 is 20.1 Å². The van der Waals surface area contributed by atoms with Crippen LogP contribution in [0.15, 0.2) is 12.1 Å². The second-order valence-corrected chi connectivity index (χ2v) is 5.78. The Kier molecular flexibility index (Phi) is 4.96. The van der Waals surface area contributed by atoms with Crippen LogP contribution in [-0.2, 0) is 9.47 Å². The maximum atomic E-state index is 12.0. The maximum Gasteiger partial charge on any atom is 0.340 e. The number of hydrogen-bond acceptors (Lipinski definition) is 5. The van der Waals surface area contributed by atoms with Crippen molar-refractivity contribution >= 4 is 28.9 Å².